The molecule has 1 aliphatic rings. The van der Waals surface area contributed by atoms with E-state index in [4.69, 9.17) is 12.2 Å². The number of benzene rings is 1. The molecule has 102 valence electrons. The standard InChI is InChI=1S/C12H11F3N2OS/c1-16-7-10(18)17(11(16)19)6-8-2-4-9(5-3-8)12(13,14)15/h2-5H,6-7H2,1H3. The van der Waals surface area contributed by atoms with Gasteiger partial charge in [-0.05, 0) is 29.9 Å². The molecule has 1 amide bonds. The van der Waals surface area contributed by atoms with Crippen LogP contribution >= 0.6 is 12.2 Å². The zero-order valence-electron chi connectivity index (χ0n) is 10.1. The molecular weight excluding hydrogens is 277 g/mol. The van der Waals surface area contributed by atoms with Gasteiger partial charge in [0.05, 0.1) is 18.7 Å². The van der Waals surface area contributed by atoms with E-state index in [-0.39, 0.29) is 19.0 Å². The van der Waals surface area contributed by atoms with E-state index in [1.165, 1.54) is 17.0 Å². The van der Waals surface area contributed by atoms with E-state index in [0.717, 1.165) is 12.1 Å². The van der Waals surface area contributed by atoms with Gasteiger partial charge in [0.1, 0.15) is 0 Å². The largest absolute Gasteiger partial charge is 0.416 e. The summed E-state index contributed by atoms with van der Waals surface area (Å²) in [4.78, 5) is 14.7. The first-order chi connectivity index (χ1) is 8.79. The molecule has 19 heavy (non-hydrogen) atoms. The fourth-order valence-electron chi connectivity index (χ4n) is 1.81. The van der Waals surface area contributed by atoms with Crippen molar-refractivity contribution < 1.29 is 18.0 Å². The van der Waals surface area contributed by atoms with E-state index in [9.17, 15) is 18.0 Å². The quantitative estimate of drug-likeness (QED) is 0.780. The molecule has 1 aromatic carbocycles. The summed E-state index contributed by atoms with van der Waals surface area (Å²) in [5.41, 5.74) is -0.0947. The van der Waals surface area contributed by atoms with Crippen molar-refractivity contribution in [1.29, 1.82) is 0 Å². The van der Waals surface area contributed by atoms with Gasteiger partial charge in [-0.25, -0.2) is 0 Å². The van der Waals surface area contributed by atoms with E-state index < -0.39 is 11.7 Å². The Hall–Kier alpha value is -1.63. The summed E-state index contributed by atoms with van der Waals surface area (Å²) >= 11 is 5.08. The third-order valence-corrected chi connectivity index (χ3v) is 3.38. The third-order valence-electron chi connectivity index (χ3n) is 2.85. The molecule has 0 unspecified atom stereocenters. The summed E-state index contributed by atoms with van der Waals surface area (Å²) in [7, 11) is 1.70. The lowest BCUT2D eigenvalue weighted by molar-refractivity contribution is -0.137. The molecule has 0 spiro atoms. The van der Waals surface area contributed by atoms with E-state index in [0.29, 0.717) is 10.7 Å². The fraction of sp³-hybridized carbons (Fsp3) is 0.333. The molecular formula is C12H11F3N2OS. The van der Waals surface area contributed by atoms with Gasteiger partial charge in [-0.2, -0.15) is 13.2 Å². The number of amides is 1. The van der Waals surface area contributed by atoms with Gasteiger partial charge >= 0.3 is 6.18 Å². The minimum Gasteiger partial charge on any atom is -0.343 e. The molecule has 0 atom stereocenters. The summed E-state index contributed by atoms with van der Waals surface area (Å²) in [5, 5.41) is 0.393. The van der Waals surface area contributed by atoms with Crippen LogP contribution in [0.25, 0.3) is 0 Å². The Bertz CT molecular complexity index is 513. The predicted octanol–water partition coefficient (Wildman–Crippen LogP) is 2.26. The molecule has 7 heteroatoms. The van der Waals surface area contributed by atoms with Gasteiger partial charge in [-0.15, -0.1) is 0 Å². The van der Waals surface area contributed by atoms with Gasteiger partial charge < -0.3 is 4.90 Å². The van der Waals surface area contributed by atoms with Crippen molar-refractivity contribution in [3.8, 4) is 0 Å². The highest BCUT2D eigenvalue weighted by molar-refractivity contribution is 7.80. The molecule has 1 aromatic rings. The number of hydrogen-bond donors (Lipinski definition) is 0. The van der Waals surface area contributed by atoms with Crippen LogP contribution in [0.4, 0.5) is 13.2 Å². The maximum atomic E-state index is 12.4. The second-order valence-corrected chi connectivity index (χ2v) is 4.68. The smallest absolute Gasteiger partial charge is 0.343 e. The zero-order valence-corrected chi connectivity index (χ0v) is 10.9. The van der Waals surface area contributed by atoms with E-state index in [1.807, 2.05) is 0 Å². The number of alkyl halides is 3. The van der Waals surface area contributed by atoms with Crippen molar-refractivity contribution in [1.82, 2.24) is 9.80 Å². The van der Waals surface area contributed by atoms with Crippen LogP contribution in [0, 0.1) is 0 Å². The van der Waals surface area contributed by atoms with E-state index >= 15 is 0 Å². The topological polar surface area (TPSA) is 23.6 Å². The van der Waals surface area contributed by atoms with Crippen molar-refractivity contribution in [2.45, 2.75) is 12.7 Å². The Kier molecular flexibility index (Phi) is 3.49. The molecule has 3 nitrogen and oxygen atoms in total. The summed E-state index contributed by atoms with van der Waals surface area (Å²) < 4.78 is 37.2. The van der Waals surface area contributed by atoms with Gasteiger partial charge in [-0.1, -0.05) is 12.1 Å². The molecule has 1 heterocycles. The monoisotopic (exact) mass is 288 g/mol. The third kappa shape index (κ3) is 2.86. The van der Waals surface area contributed by atoms with Crippen LogP contribution < -0.4 is 0 Å². The SMILES string of the molecule is CN1CC(=O)N(Cc2ccc(C(F)(F)F)cc2)C1=S. The fourth-order valence-corrected chi connectivity index (χ4v) is 2.04. The number of hydrogen-bond acceptors (Lipinski definition) is 2. The number of likely N-dealkylation sites (N-methyl/N-ethyl adjacent to an activating group) is 1. The van der Waals surface area contributed by atoms with Crippen molar-refractivity contribution in [3.05, 3.63) is 35.4 Å². The molecule has 1 fully saturated rings. The minimum absolute atomic E-state index is 0.146. The molecule has 0 radical (unpaired) electrons. The predicted molar refractivity (Wildman–Crippen MR) is 67.2 cm³/mol. The first-order valence-corrected chi connectivity index (χ1v) is 5.91. The summed E-state index contributed by atoms with van der Waals surface area (Å²) in [6.07, 6.45) is -4.35. The maximum Gasteiger partial charge on any atom is 0.416 e. The van der Waals surface area contributed by atoms with Crippen LogP contribution in [0.1, 0.15) is 11.1 Å². The van der Waals surface area contributed by atoms with Crippen LogP contribution in [-0.4, -0.2) is 34.4 Å². The van der Waals surface area contributed by atoms with E-state index in [1.54, 1.807) is 11.9 Å². The molecule has 1 saturated heterocycles. The normalized spacial score (nSPS) is 16.4. The number of rotatable bonds is 2. The number of halogens is 3. The van der Waals surface area contributed by atoms with Crippen LogP contribution in [0.5, 0.6) is 0 Å². The first-order valence-electron chi connectivity index (χ1n) is 5.50. The summed E-state index contributed by atoms with van der Waals surface area (Å²) in [6.45, 7) is 0.402. The second kappa shape index (κ2) is 4.80. The van der Waals surface area contributed by atoms with Gasteiger partial charge in [0.2, 0.25) is 5.91 Å². The van der Waals surface area contributed by atoms with Crippen LogP contribution in [0.2, 0.25) is 0 Å². The molecule has 1 aliphatic heterocycles. The van der Waals surface area contributed by atoms with Gasteiger partial charge in [0.25, 0.3) is 0 Å². The average Bonchev–Trinajstić information content (AvgIpc) is 2.56. The molecule has 0 aliphatic carbocycles. The van der Waals surface area contributed by atoms with Crippen molar-refractivity contribution in [3.63, 3.8) is 0 Å². The highest BCUT2D eigenvalue weighted by Crippen LogP contribution is 2.29. The summed E-state index contributed by atoms with van der Waals surface area (Å²) in [5.74, 6) is -0.146. The van der Waals surface area contributed by atoms with Crippen LogP contribution in [0.15, 0.2) is 24.3 Å². The maximum absolute atomic E-state index is 12.4. The lowest BCUT2D eigenvalue weighted by Gasteiger charge is -2.17. The summed E-state index contributed by atoms with van der Waals surface area (Å²) in [6, 6.07) is 4.72. The highest BCUT2D eigenvalue weighted by atomic mass is 32.1. The lowest BCUT2D eigenvalue weighted by atomic mass is 10.1. The van der Waals surface area contributed by atoms with Crippen molar-refractivity contribution in [2.24, 2.45) is 0 Å². The Morgan fingerprint density at radius 1 is 1.26 bits per heavy atom. The van der Waals surface area contributed by atoms with E-state index in [2.05, 4.69) is 0 Å². The minimum atomic E-state index is -4.35. The van der Waals surface area contributed by atoms with Crippen molar-refractivity contribution in [2.75, 3.05) is 13.6 Å². The number of thiocarbonyl (C=S) groups is 1. The number of carbonyl (C=O) groups excluding carboxylic acids is 1. The Morgan fingerprint density at radius 3 is 2.26 bits per heavy atom. The molecule has 0 saturated carbocycles. The molecule has 0 N–H and O–H groups in total. The highest BCUT2D eigenvalue weighted by Gasteiger charge is 2.31. The number of carbonyl (C=O) groups is 1. The van der Waals surface area contributed by atoms with Gasteiger partial charge in [-0.3, -0.25) is 9.69 Å². The van der Waals surface area contributed by atoms with Crippen molar-refractivity contribution >= 4 is 23.2 Å². The molecule has 2 rings (SSSR count). The average molecular weight is 288 g/mol. The Morgan fingerprint density at radius 2 is 1.84 bits per heavy atom. The second-order valence-electron chi connectivity index (χ2n) is 4.31. The van der Waals surface area contributed by atoms with Gasteiger partial charge in [0.15, 0.2) is 5.11 Å². The Balaban J connectivity index is 2.12. The lowest BCUT2D eigenvalue weighted by Crippen LogP contribution is -2.30. The van der Waals surface area contributed by atoms with Crippen LogP contribution in [0.3, 0.4) is 0 Å². The van der Waals surface area contributed by atoms with Gasteiger partial charge in [0, 0.05) is 7.05 Å². The first kappa shape index (κ1) is 13.8. The zero-order chi connectivity index (χ0) is 14.2. The Labute approximate surface area is 113 Å². The number of nitrogens with zero attached hydrogens (tertiary/aromatic N) is 2. The molecule has 0 aromatic heterocycles. The molecule has 0 bridgehead atoms. The van der Waals surface area contributed by atoms with Crippen LogP contribution in [-0.2, 0) is 17.5 Å².